The average molecular weight is 769 g/mol. The summed E-state index contributed by atoms with van der Waals surface area (Å²) in [4.78, 5) is 0. The standard InChI is InChI=1S/3Pt.W. The van der Waals surface area contributed by atoms with E-state index in [2.05, 4.69) is 0 Å². The minimum absolute atomic E-state index is 0. The summed E-state index contributed by atoms with van der Waals surface area (Å²) in [5.74, 6) is 0. The van der Waals surface area contributed by atoms with Gasteiger partial charge in [0.1, 0.15) is 0 Å². The van der Waals surface area contributed by atoms with E-state index in [1.54, 1.807) is 0 Å². The van der Waals surface area contributed by atoms with Gasteiger partial charge < -0.3 is 0 Å². The first-order valence-electron chi connectivity index (χ1n) is 0. The van der Waals surface area contributed by atoms with E-state index in [9.17, 15) is 0 Å². The second kappa shape index (κ2) is 17.1. The predicted molar refractivity (Wildman–Crippen MR) is 0 cm³/mol. The summed E-state index contributed by atoms with van der Waals surface area (Å²) in [6.07, 6.45) is 0. The molecular weight excluding hydrogens is 769 g/mol. The molecular formula is Pt3W. The maximum atomic E-state index is 0. The van der Waals surface area contributed by atoms with Crippen LogP contribution in [0.15, 0.2) is 0 Å². The normalized spacial score (nSPS) is 0. The van der Waals surface area contributed by atoms with Crippen molar-refractivity contribution in [1.29, 1.82) is 0 Å². The molecule has 0 fully saturated rings. The van der Waals surface area contributed by atoms with Gasteiger partial charge in [-0.05, 0) is 0 Å². The zero-order valence-corrected chi connectivity index (χ0v) is 11.1. The van der Waals surface area contributed by atoms with Crippen molar-refractivity contribution in [3.63, 3.8) is 0 Å². The van der Waals surface area contributed by atoms with Crippen LogP contribution in [0.25, 0.3) is 0 Å². The van der Waals surface area contributed by atoms with Crippen molar-refractivity contribution in [2.45, 2.75) is 0 Å². The van der Waals surface area contributed by atoms with Crippen LogP contribution in [0.1, 0.15) is 0 Å². The molecule has 0 saturated heterocycles. The summed E-state index contributed by atoms with van der Waals surface area (Å²) >= 11 is 0. The second-order valence-electron chi connectivity index (χ2n) is 0. The maximum Gasteiger partial charge on any atom is 0 e. The fourth-order valence-corrected chi connectivity index (χ4v) is 0. The van der Waals surface area contributed by atoms with E-state index in [0.29, 0.717) is 0 Å². The molecule has 0 saturated carbocycles. The van der Waals surface area contributed by atoms with Crippen LogP contribution in [0.3, 0.4) is 0 Å². The molecule has 0 aromatic carbocycles. The molecule has 0 aliphatic heterocycles. The van der Waals surface area contributed by atoms with Crippen LogP contribution < -0.4 is 0 Å². The second-order valence-corrected chi connectivity index (χ2v) is 0. The first kappa shape index (κ1) is 29.5. The average Bonchev–Trinajstić information content (AvgIpc) is 0. The molecule has 0 heterocycles. The zero-order chi connectivity index (χ0) is 0. The molecule has 0 atom stereocenters. The van der Waals surface area contributed by atoms with Gasteiger partial charge in [0.2, 0.25) is 0 Å². The summed E-state index contributed by atoms with van der Waals surface area (Å²) in [5, 5.41) is 0. The van der Waals surface area contributed by atoms with E-state index in [1.807, 2.05) is 0 Å². The molecule has 0 radical (unpaired) electrons. The minimum atomic E-state index is 0. The Morgan fingerprint density at radius 3 is 0.500 bits per heavy atom. The van der Waals surface area contributed by atoms with Crippen LogP contribution in [0.5, 0.6) is 0 Å². The van der Waals surface area contributed by atoms with Crippen molar-refractivity contribution in [3.8, 4) is 0 Å². The summed E-state index contributed by atoms with van der Waals surface area (Å²) in [6, 6.07) is 0. The van der Waals surface area contributed by atoms with Crippen LogP contribution in [0.2, 0.25) is 0 Å². The molecule has 0 unspecified atom stereocenters. The molecule has 0 rings (SSSR count). The van der Waals surface area contributed by atoms with E-state index in [0.717, 1.165) is 0 Å². The number of hydrogen-bond acceptors (Lipinski definition) is 0. The van der Waals surface area contributed by atoms with Gasteiger partial charge in [-0.1, -0.05) is 0 Å². The summed E-state index contributed by atoms with van der Waals surface area (Å²) < 4.78 is 0. The molecule has 0 spiro atoms. The molecule has 0 bridgehead atoms. The Labute approximate surface area is 82.9 Å². The van der Waals surface area contributed by atoms with Crippen molar-refractivity contribution in [3.05, 3.63) is 0 Å². The topological polar surface area (TPSA) is 0 Å². The van der Waals surface area contributed by atoms with E-state index in [4.69, 9.17) is 0 Å². The van der Waals surface area contributed by atoms with Gasteiger partial charge in [-0.2, -0.15) is 0 Å². The summed E-state index contributed by atoms with van der Waals surface area (Å²) in [7, 11) is 0. The Balaban J connectivity index is 0. The van der Waals surface area contributed by atoms with Crippen LogP contribution in [-0.2, 0) is 84.3 Å². The van der Waals surface area contributed by atoms with Crippen LogP contribution in [0, 0.1) is 0 Å². The molecule has 36 valence electrons. The summed E-state index contributed by atoms with van der Waals surface area (Å²) in [5.41, 5.74) is 0. The van der Waals surface area contributed by atoms with Gasteiger partial charge >= 0.3 is 0 Å². The molecule has 4 heteroatoms. The smallest absolute Gasteiger partial charge is 0 e. The van der Waals surface area contributed by atoms with Gasteiger partial charge in [-0.25, -0.2) is 0 Å². The van der Waals surface area contributed by atoms with Crippen molar-refractivity contribution in [2.75, 3.05) is 0 Å². The quantitative estimate of drug-likeness (QED) is 0.326. The largest absolute Gasteiger partial charge is 0 e. The van der Waals surface area contributed by atoms with Crippen LogP contribution in [-0.4, -0.2) is 0 Å². The number of rotatable bonds is 0. The molecule has 4 heavy (non-hydrogen) atoms. The van der Waals surface area contributed by atoms with Gasteiger partial charge in [0.05, 0.1) is 0 Å². The minimum Gasteiger partial charge on any atom is 0 e. The third kappa shape index (κ3) is 8.83. The third-order valence-electron chi connectivity index (χ3n) is 0. The monoisotopic (exact) mass is 769 g/mol. The zero-order valence-electron chi connectivity index (χ0n) is 1.36. The number of hydrogen-bond donors (Lipinski definition) is 0. The van der Waals surface area contributed by atoms with Crippen molar-refractivity contribution >= 4 is 0 Å². The van der Waals surface area contributed by atoms with E-state index >= 15 is 0 Å². The first-order valence-corrected chi connectivity index (χ1v) is 0. The summed E-state index contributed by atoms with van der Waals surface area (Å²) in [6.45, 7) is 0. The van der Waals surface area contributed by atoms with Crippen molar-refractivity contribution < 1.29 is 84.3 Å². The molecule has 0 nitrogen and oxygen atoms in total. The van der Waals surface area contributed by atoms with Gasteiger partial charge in [0, 0.05) is 84.3 Å². The third-order valence-corrected chi connectivity index (χ3v) is 0. The first-order chi connectivity index (χ1) is 0. The molecule has 0 amide bonds. The maximum absolute atomic E-state index is 0. The fraction of sp³-hybridized carbons (Fsp3) is 0. The van der Waals surface area contributed by atoms with Crippen molar-refractivity contribution in [1.82, 2.24) is 0 Å². The van der Waals surface area contributed by atoms with Gasteiger partial charge in [-0.15, -0.1) is 0 Å². The molecule has 0 aliphatic rings. The van der Waals surface area contributed by atoms with E-state index < -0.39 is 0 Å². The SMILES string of the molecule is [Pt].[Pt].[Pt].[W]. The molecule has 0 aliphatic carbocycles. The predicted octanol–water partition coefficient (Wildman–Crippen LogP) is -0.0100. The Bertz CT molecular complexity index is 3.25. The van der Waals surface area contributed by atoms with E-state index in [-0.39, 0.29) is 84.3 Å². The van der Waals surface area contributed by atoms with Gasteiger partial charge in [0.25, 0.3) is 0 Å². The van der Waals surface area contributed by atoms with Crippen LogP contribution >= 0.6 is 0 Å². The Hall–Kier alpha value is 2.75. The van der Waals surface area contributed by atoms with E-state index in [1.165, 1.54) is 0 Å². The Morgan fingerprint density at radius 1 is 0.500 bits per heavy atom. The Kier molecular flexibility index (Phi) is 126. The molecule has 0 aromatic rings. The van der Waals surface area contributed by atoms with Gasteiger partial charge in [0.15, 0.2) is 0 Å². The fourth-order valence-electron chi connectivity index (χ4n) is 0. The molecule has 0 N–H and O–H groups in total. The molecule has 0 aromatic heterocycles. The Morgan fingerprint density at radius 2 is 0.500 bits per heavy atom. The van der Waals surface area contributed by atoms with Gasteiger partial charge in [-0.3, -0.25) is 0 Å². The van der Waals surface area contributed by atoms with Crippen LogP contribution in [0.4, 0.5) is 0 Å². The van der Waals surface area contributed by atoms with Crippen molar-refractivity contribution in [2.24, 2.45) is 0 Å².